The SMILES string of the molecule is Cc1ccc(Br)cc1CCNCC1COCCN1. The van der Waals surface area contributed by atoms with Gasteiger partial charge in [0.2, 0.25) is 0 Å². The molecule has 0 amide bonds. The molecule has 0 radical (unpaired) electrons. The lowest BCUT2D eigenvalue weighted by atomic mass is 10.1. The lowest BCUT2D eigenvalue weighted by molar-refractivity contribution is 0.0768. The largest absolute Gasteiger partial charge is 0.378 e. The van der Waals surface area contributed by atoms with Gasteiger partial charge < -0.3 is 15.4 Å². The molecule has 0 spiro atoms. The highest BCUT2D eigenvalue weighted by Crippen LogP contribution is 2.16. The Hall–Kier alpha value is -0.420. The van der Waals surface area contributed by atoms with E-state index in [1.807, 2.05) is 0 Å². The number of halogens is 1. The van der Waals surface area contributed by atoms with Crippen molar-refractivity contribution in [3.8, 4) is 0 Å². The molecule has 0 aliphatic carbocycles. The highest BCUT2D eigenvalue weighted by molar-refractivity contribution is 9.10. The second-order valence-corrected chi connectivity index (χ2v) is 5.67. The van der Waals surface area contributed by atoms with Gasteiger partial charge in [-0.15, -0.1) is 0 Å². The van der Waals surface area contributed by atoms with Crippen LogP contribution in [0.4, 0.5) is 0 Å². The average molecular weight is 313 g/mol. The van der Waals surface area contributed by atoms with Crippen molar-refractivity contribution in [3.63, 3.8) is 0 Å². The number of nitrogens with one attached hydrogen (secondary N) is 2. The molecule has 1 saturated heterocycles. The molecule has 4 heteroatoms. The molecule has 1 atom stereocenters. The molecular weight excluding hydrogens is 292 g/mol. The first kappa shape index (κ1) is 14.0. The van der Waals surface area contributed by atoms with Crippen LogP contribution in [0.5, 0.6) is 0 Å². The van der Waals surface area contributed by atoms with Crippen LogP contribution in [0.3, 0.4) is 0 Å². The Bertz CT molecular complexity index is 378. The first-order valence-electron chi connectivity index (χ1n) is 6.52. The number of hydrogen-bond acceptors (Lipinski definition) is 3. The molecule has 18 heavy (non-hydrogen) atoms. The van der Waals surface area contributed by atoms with Crippen molar-refractivity contribution >= 4 is 15.9 Å². The summed E-state index contributed by atoms with van der Waals surface area (Å²) in [6.07, 6.45) is 1.07. The van der Waals surface area contributed by atoms with Gasteiger partial charge in [0, 0.05) is 23.6 Å². The Morgan fingerprint density at radius 2 is 2.39 bits per heavy atom. The second-order valence-electron chi connectivity index (χ2n) is 4.75. The Balaban J connectivity index is 1.69. The lowest BCUT2D eigenvalue weighted by Crippen LogP contribution is -2.47. The first-order chi connectivity index (χ1) is 8.75. The zero-order valence-electron chi connectivity index (χ0n) is 10.8. The van der Waals surface area contributed by atoms with Crippen LogP contribution in [0.25, 0.3) is 0 Å². The predicted octanol–water partition coefficient (Wildman–Crippen LogP) is 1.88. The van der Waals surface area contributed by atoms with Crippen molar-refractivity contribution in [2.24, 2.45) is 0 Å². The van der Waals surface area contributed by atoms with Gasteiger partial charge in [0.1, 0.15) is 0 Å². The summed E-state index contributed by atoms with van der Waals surface area (Å²) < 4.78 is 6.58. The quantitative estimate of drug-likeness (QED) is 0.815. The van der Waals surface area contributed by atoms with Crippen molar-refractivity contribution in [1.82, 2.24) is 10.6 Å². The van der Waals surface area contributed by atoms with E-state index in [0.29, 0.717) is 6.04 Å². The second kappa shape index (κ2) is 7.24. The third-order valence-corrected chi connectivity index (χ3v) is 3.76. The molecule has 1 aliphatic heterocycles. The lowest BCUT2D eigenvalue weighted by Gasteiger charge is -2.24. The van der Waals surface area contributed by atoms with Crippen molar-refractivity contribution in [3.05, 3.63) is 33.8 Å². The maximum atomic E-state index is 5.42. The monoisotopic (exact) mass is 312 g/mol. The van der Waals surface area contributed by atoms with Crippen LogP contribution in [0.1, 0.15) is 11.1 Å². The summed E-state index contributed by atoms with van der Waals surface area (Å²) in [5.74, 6) is 0. The minimum atomic E-state index is 0.461. The average Bonchev–Trinajstić information content (AvgIpc) is 2.40. The summed E-state index contributed by atoms with van der Waals surface area (Å²) in [6, 6.07) is 6.92. The van der Waals surface area contributed by atoms with Crippen molar-refractivity contribution in [2.75, 3.05) is 32.8 Å². The van der Waals surface area contributed by atoms with Crippen LogP contribution >= 0.6 is 15.9 Å². The van der Waals surface area contributed by atoms with Crippen molar-refractivity contribution in [2.45, 2.75) is 19.4 Å². The molecule has 3 nitrogen and oxygen atoms in total. The normalized spacial score (nSPS) is 20.0. The minimum Gasteiger partial charge on any atom is -0.378 e. The fraction of sp³-hybridized carbons (Fsp3) is 0.571. The van der Waals surface area contributed by atoms with E-state index in [9.17, 15) is 0 Å². The van der Waals surface area contributed by atoms with Crippen LogP contribution in [-0.4, -0.2) is 38.9 Å². The summed E-state index contributed by atoms with van der Waals surface area (Å²) in [5, 5.41) is 6.94. The van der Waals surface area contributed by atoms with Gasteiger partial charge >= 0.3 is 0 Å². The zero-order chi connectivity index (χ0) is 12.8. The molecule has 100 valence electrons. The summed E-state index contributed by atoms with van der Waals surface area (Å²) in [7, 11) is 0. The van der Waals surface area contributed by atoms with Gasteiger partial charge in [-0.25, -0.2) is 0 Å². The van der Waals surface area contributed by atoms with E-state index in [2.05, 4.69) is 51.7 Å². The highest BCUT2D eigenvalue weighted by atomic mass is 79.9. The Kier molecular flexibility index (Phi) is 5.63. The van der Waals surface area contributed by atoms with E-state index < -0.39 is 0 Å². The molecule has 1 aromatic rings. The molecule has 1 aromatic carbocycles. The van der Waals surface area contributed by atoms with Gasteiger partial charge in [-0.2, -0.15) is 0 Å². The molecule has 0 bridgehead atoms. The molecule has 0 aromatic heterocycles. The minimum absolute atomic E-state index is 0.461. The van der Waals surface area contributed by atoms with Crippen LogP contribution < -0.4 is 10.6 Å². The van der Waals surface area contributed by atoms with E-state index in [0.717, 1.165) is 43.7 Å². The van der Waals surface area contributed by atoms with Crippen molar-refractivity contribution in [1.29, 1.82) is 0 Å². The van der Waals surface area contributed by atoms with Gasteiger partial charge in [0.05, 0.1) is 13.2 Å². The molecule has 1 aliphatic rings. The van der Waals surface area contributed by atoms with Gasteiger partial charge in [-0.1, -0.05) is 22.0 Å². The summed E-state index contributed by atoms with van der Waals surface area (Å²) in [6.45, 7) is 6.79. The number of aryl methyl sites for hydroxylation is 1. The van der Waals surface area contributed by atoms with E-state index in [1.54, 1.807) is 0 Å². The molecule has 1 unspecified atom stereocenters. The molecular formula is C14H21BrN2O. The Morgan fingerprint density at radius 3 is 3.17 bits per heavy atom. The predicted molar refractivity (Wildman–Crippen MR) is 78.1 cm³/mol. The van der Waals surface area contributed by atoms with Gasteiger partial charge in [0.15, 0.2) is 0 Å². The fourth-order valence-electron chi connectivity index (χ4n) is 2.16. The molecule has 2 N–H and O–H groups in total. The molecule has 0 saturated carbocycles. The van der Waals surface area contributed by atoms with E-state index in [4.69, 9.17) is 4.74 Å². The highest BCUT2D eigenvalue weighted by Gasteiger charge is 2.11. The summed E-state index contributed by atoms with van der Waals surface area (Å²) >= 11 is 3.52. The molecule has 1 heterocycles. The number of benzene rings is 1. The fourth-order valence-corrected chi connectivity index (χ4v) is 2.57. The Labute approximate surface area is 117 Å². The number of rotatable bonds is 5. The first-order valence-corrected chi connectivity index (χ1v) is 7.32. The van der Waals surface area contributed by atoms with E-state index in [-0.39, 0.29) is 0 Å². The molecule has 1 fully saturated rings. The van der Waals surface area contributed by atoms with E-state index in [1.165, 1.54) is 11.1 Å². The zero-order valence-corrected chi connectivity index (χ0v) is 12.4. The topological polar surface area (TPSA) is 33.3 Å². The van der Waals surface area contributed by atoms with Crippen LogP contribution in [0, 0.1) is 6.92 Å². The number of hydrogen-bond donors (Lipinski definition) is 2. The molecule has 2 rings (SSSR count). The van der Waals surface area contributed by atoms with Gasteiger partial charge in [-0.05, 0) is 43.1 Å². The Morgan fingerprint density at radius 1 is 1.50 bits per heavy atom. The standard InChI is InChI=1S/C14H21BrN2O/c1-11-2-3-13(15)8-12(11)4-5-16-9-14-10-18-7-6-17-14/h2-3,8,14,16-17H,4-7,9-10H2,1H3. The van der Waals surface area contributed by atoms with E-state index >= 15 is 0 Å². The van der Waals surface area contributed by atoms with Crippen LogP contribution in [0.15, 0.2) is 22.7 Å². The number of morpholine rings is 1. The van der Waals surface area contributed by atoms with Crippen molar-refractivity contribution < 1.29 is 4.74 Å². The van der Waals surface area contributed by atoms with Gasteiger partial charge in [0.25, 0.3) is 0 Å². The number of ether oxygens (including phenoxy) is 1. The third-order valence-electron chi connectivity index (χ3n) is 3.27. The summed E-state index contributed by atoms with van der Waals surface area (Å²) in [5.41, 5.74) is 2.77. The summed E-state index contributed by atoms with van der Waals surface area (Å²) in [4.78, 5) is 0. The maximum Gasteiger partial charge on any atom is 0.0632 e. The van der Waals surface area contributed by atoms with Crippen LogP contribution in [0.2, 0.25) is 0 Å². The smallest absolute Gasteiger partial charge is 0.0632 e. The third kappa shape index (κ3) is 4.35. The van der Waals surface area contributed by atoms with Crippen LogP contribution in [-0.2, 0) is 11.2 Å². The maximum absolute atomic E-state index is 5.42. The van der Waals surface area contributed by atoms with Gasteiger partial charge in [-0.3, -0.25) is 0 Å².